The molecule has 0 radical (unpaired) electrons. The zero-order valence-corrected chi connectivity index (χ0v) is 13.1. The molecule has 0 unspecified atom stereocenters. The van der Waals surface area contributed by atoms with Crippen molar-refractivity contribution in [3.63, 3.8) is 0 Å². The van der Waals surface area contributed by atoms with Crippen molar-refractivity contribution in [3.8, 4) is 0 Å². The Morgan fingerprint density at radius 1 is 1.21 bits per heavy atom. The van der Waals surface area contributed by atoms with Crippen LogP contribution in [0.5, 0.6) is 0 Å². The maximum Gasteiger partial charge on any atom is 0.317 e. The summed E-state index contributed by atoms with van der Waals surface area (Å²) >= 11 is 0. The van der Waals surface area contributed by atoms with Gasteiger partial charge in [0.2, 0.25) is 0 Å². The summed E-state index contributed by atoms with van der Waals surface area (Å²) in [6.45, 7) is 1.09. The third-order valence-corrected chi connectivity index (χ3v) is 4.09. The van der Waals surface area contributed by atoms with Gasteiger partial charge in [-0.25, -0.2) is 0 Å². The Hall–Kier alpha value is -2.51. The Morgan fingerprint density at radius 3 is 2.83 bits per heavy atom. The number of aliphatic hydroxyl groups is 1. The largest absolute Gasteiger partial charge is 0.480 e. The molecule has 0 bridgehead atoms. The van der Waals surface area contributed by atoms with Crippen LogP contribution in [-0.4, -0.2) is 75.7 Å². The second kappa shape index (κ2) is 6.94. The fourth-order valence-electron chi connectivity index (χ4n) is 2.96. The number of β-amino-alcohol motifs (C(OH)–C–C–N with tert-alkyl or cyclic N) is 1. The van der Waals surface area contributed by atoms with E-state index in [1.165, 1.54) is 0 Å². The zero-order valence-electron chi connectivity index (χ0n) is 13.1. The van der Waals surface area contributed by atoms with Crippen LogP contribution in [0.3, 0.4) is 0 Å². The van der Waals surface area contributed by atoms with Crippen molar-refractivity contribution in [1.82, 2.24) is 14.8 Å². The summed E-state index contributed by atoms with van der Waals surface area (Å²) in [7, 11) is 0. The predicted molar refractivity (Wildman–Crippen MR) is 87.7 cm³/mol. The van der Waals surface area contributed by atoms with E-state index in [0.717, 1.165) is 10.9 Å². The fraction of sp³-hybridized carbons (Fsp3) is 0.353. The molecular weight excluding hydrogens is 310 g/mol. The van der Waals surface area contributed by atoms with Crippen molar-refractivity contribution in [1.29, 1.82) is 0 Å². The predicted octanol–water partition coefficient (Wildman–Crippen LogP) is 0.438. The van der Waals surface area contributed by atoms with Crippen molar-refractivity contribution < 1.29 is 19.8 Å². The van der Waals surface area contributed by atoms with E-state index in [9.17, 15) is 14.7 Å². The van der Waals surface area contributed by atoms with Gasteiger partial charge >= 0.3 is 5.97 Å². The molecule has 1 fully saturated rings. The lowest BCUT2D eigenvalue weighted by Crippen LogP contribution is -2.37. The van der Waals surface area contributed by atoms with Crippen LogP contribution >= 0.6 is 0 Å². The number of benzene rings is 1. The standard InChI is InChI=1S/C17H19N3O4/c21-14-9-19(11-16(22)23)6-7-20(10-14)17(24)13-4-3-12-2-1-5-18-15(12)8-13/h1-5,8,14,21H,6-7,9-11H2,(H,22,23)/t14-/m0/s1. The quantitative estimate of drug-likeness (QED) is 0.848. The van der Waals surface area contributed by atoms with Crippen molar-refractivity contribution in [2.45, 2.75) is 6.10 Å². The van der Waals surface area contributed by atoms with E-state index in [4.69, 9.17) is 5.11 Å². The first-order chi connectivity index (χ1) is 11.5. The molecule has 2 heterocycles. The van der Waals surface area contributed by atoms with Crippen LogP contribution < -0.4 is 0 Å². The van der Waals surface area contributed by atoms with Crippen LogP contribution in [0.25, 0.3) is 10.9 Å². The van der Waals surface area contributed by atoms with Crippen molar-refractivity contribution in [2.75, 3.05) is 32.7 Å². The molecule has 1 amide bonds. The number of rotatable bonds is 3. The number of carboxylic acids is 1. The summed E-state index contributed by atoms with van der Waals surface area (Å²) in [6, 6.07) is 9.10. The first kappa shape index (κ1) is 16.4. The number of hydrogen-bond acceptors (Lipinski definition) is 5. The van der Waals surface area contributed by atoms with E-state index < -0.39 is 12.1 Å². The third kappa shape index (κ3) is 3.69. The van der Waals surface area contributed by atoms with Gasteiger partial charge in [0.25, 0.3) is 5.91 Å². The summed E-state index contributed by atoms with van der Waals surface area (Å²) in [4.78, 5) is 31.0. The van der Waals surface area contributed by atoms with Gasteiger partial charge in [0.15, 0.2) is 0 Å². The third-order valence-electron chi connectivity index (χ3n) is 4.09. The average molecular weight is 329 g/mol. The zero-order chi connectivity index (χ0) is 17.1. The Labute approximate surface area is 139 Å². The molecule has 126 valence electrons. The highest BCUT2D eigenvalue weighted by molar-refractivity contribution is 5.97. The molecule has 1 saturated heterocycles. The summed E-state index contributed by atoms with van der Waals surface area (Å²) < 4.78 is 0. The van der Waals surface area contributed by atoms with Crippen LogP contribution in [0.1, 0.15) is 10.4 Å². The number of carbonyl (C=O) groups excluding carboxylic acids is 1. The highest BCUT2D eigenvalue weighted by atomic mass is 16.4. The number of amides is 1. The number of carbonyl (C=O) groups is 2. The number of hydrogen-bond donors (Lipinski definition) is 2. The van der Waals surface area contributed by atoms with E-state index in [1.54, 1.807) is 28.1 Å². The summed E-state index contributed by atoms with van der Waals surface area (Å²) in [5.41, 5.74) is 1.26. The lowest BCUT2D eigenvalue weighted by atomic mass is 10.1. The van der Waals surface area contributed by atoms with E-state index in [1.807, 2.05) is 18.2 Å². The Morgan fingerprint density at radius 2 is 2.04 bits per heavy atom. The number of aliphatic hydroxyl groups excluding tert-OH is 1. The number of pyridine rings is 1. The minimum Gasteiger partial charge on any atom is -0.480 e. The number of nitrogens with zero attached hydrogens (tertiary/aromatic N) is 3. The van der Waals surface area contributed by atoms with E-state index in [0.29, 0.717) is 18.7 Å². The van der Waals surface area contributed by atoms with Crippen LogP contribution in [0, 0.1) is 0 Å². The maximum atomic E-state index is 12.7. The van der Waals surface area contributed by atoms with E-state index >= 15 is 0 Å². The number of fused-ring (bicyclic) bond motifs is 1. The molecule has 24 heavy (non-hydrogen) atoms. The van der Waals surface area contributed by atoms with Crippen molar-refractivity contribution in [2.24, 2.45) is 0 Å². The van der Waals surface area contributed by atoms with Gasteiger partial charge in [-0.15, -0.1) is 0 Å². The van der Waals surface area contributed by atoms with Gasteiger partial charge in [-0.3, -0.25) is 19.5 Å². The summed E-state index contributed by atoms with van der Waals surface area (Å²) in [5, 5.41) is 19.9. The van der Waals surface area contributed by atoms with Crippen LogP contribution in [-0.2, 0) is 4.79 Å². The first-order valence-electron chi connectivity index (χ1n) is 7.79. The topological polar surface area (TPSA) is 94.0 Å². The van der Waals surface area contributed by atoms with Gasteiger partial charge in [-0.05, 0) is 18.2 Å². The Kier molecular flexibility index (Phi) is 4.73. The highest BCUT2D eigenvalue weighted by Crippen LogP contribution is 2.16. The molecule has 2 N–H and O–H groups in total. The number of aliphatic carboxylic acids is 1. The molecule has 7 heteroatoms. The van der Waals surface area contributed by atoms with Crippen LogP contribution in [0.4, 0.5) is 0 Å². The average Bonchev–Trinajstić information content (AvgIpc) is 2.74. The van der Waals surface area contributed by atoms with Gasteiger partial charge < -0.3 is 15.1 Å². The van der Waals surface area contributed by atoms with Crippen LogP contribution in [0.2, 0.25) is 0 Å². The molecule has 1 aliphatic rings. The van der Waals surface area contributed by atoms with Crippen molar-refractivity contribution in [3.05, 3.63) is 42.1 Å². The SMILES string of the molecule is O=C(O)CN1CCN(C(=O)c2ccc3cccnc3c2)C[C@@H](O)C1. The second-order valence-corrected chi connectivity index (χ2v) is 5.94. The van der Waals surface area contributed by atoms with Gasteiger partial charge in [0, 0.05) is 43.3 Å². The van der Waals surface area contributed by atoms with Gasteiger partial charge in [-0.1, -0.05) is 12.1 Å². The van der Waals surface area contributed by atoms with Crippen LogP contribution in [0.15, 0.2) is 36.5 Å². The molecule has 2 aromatic rings. The monoisotopic (exact) mass is 329 g/mol. The first-order valence-corrected chi connectivity index (χ1v) is 7.79. The minimum atomic E-state index is -0.942. The van der Waals surface area contributed by atoms with E-state index in [2.05, 4.69) is 4.98 Å². The molecule has 1 aromatic carbocycles. The molecule has 3 rings (SSSR count). The molecule has 1 aliphatic heterocycles. The molecule has 0 spiro atoms. The summed E-state index contributed by atoms with van der Waals surface area (Å²) in [5.74, 6) is -1.12. The molecule has 1 atom stereocenters. The van der Waals surface area contributed by atoms with Gasteiger partial charge in [-0.2, -0.15) is 0 Å². The van der Waals surface area contributed by atoms with E-state index in [-0.39, 0.29) is 25.5 Å². The fourth-order valence-corrected chi connectivity index (χ4v) is 2.96. The second-order valence-electron chi connectivity index (χ2n) is 5.94. The summed E-state index contributed by atoms with van der Waals surface area (Å²) in [6.07, 6.45) is 0.908. The van der Waals surface area contributed by atoms with Gasteiger partial charge in [0.1, 0.15) is 0 Å². The highest BCUT2D eigenvalue weighted by Gasteiger charge is 2.26. The van der Waals surface area contributed by atoms with Gasteiger partial charge in [0.05, 0.1) is 18.2 Å². The van der Waals surface area contributed by atoms with Crippen molar-refractivity contribution >= 4 is 22.8 Å². The smallest absolute Gasteiger partial charge is 0.317 e. The molecule has 1 aromatic heterocycles. The maximum absolute atomic E-state index is 12.7. The normalized spacial score (nSPS) is 19.2. The number of carboxylic acid groups (broad SMARTS) is 1. The Balaban J connectivity index is 1.76. The molecule has 0 aliphatic carbocycles. The Bertz CT molecular complexity index is 764. The number of aromatic nitrogens is 1. The molecule has 7 nitrogen and oxygen atoms in total. The lowest BCUT2D eigenvalue weighted by Gasteiger charge is -2.22. The molecular formula is C17H19N3O4. The minimum absolute atomic E-state index is 0.140. The molecule has 0 saturated carbocycles. The lowest BCUT2D eigenvalue weighted by molar-refractivity contribution is -0.138.